The summed E-state index contributed by atoms with van der Waals surface area (Å²) in [5.41, 5.74) is 0.828. The fourth-order valence-corrected chi connectivity index (χ4v) is 3.34. The van der Waals surface area contributed by atoms with Crippen molar-refractivity contribution < 1.29 is 18.4 Å². The predicted molar refractivity (Wildman–Crippen MR) is 96.5 cm³/mol. The smallest absolute Gasteiger partial charge is 0.223 e. The number of nitrogens with zero attached hydrogens (tertiary/aromatic N) is 4. The maximum Gasteiger partial charge on any atom is 0.223 e. The Morgan fingerprint density at radius 2 is 1.85 bits per heavy atom. The highest BCUT2D eigenvalue weighted by molar-refractivity contribution is 5.96. The van der Waals surface area contributed by atoms with Crippen LogP contribution < -0.4 is 4.90 Å². The number of ketones is 1. The number of aryl methyl sites for hydroxylation is 1. The van der Waals surface area contributed by atoms with E-state index in [1.165, 1.54) is 12.1 Å². The Hall–Kier alpha value is -2.77. The molecule has 1 aliphatic heterocycles. The van der Waals surface area contributed by atoms with Gasteiger partial charge in [-0.05, 0) is 19.1 Å². The molecule has 0 aliphatic carbocycles. The summed E-state index contributed by atoms with van der Waals surface area (Å²) in [4.78, 5) is 32.1. The summed E-state index contributed by atoms with van der Waals surface area (Å²) in [6.45, 7) is 3.26. The highest BCUT2D eigenvalue weighted by Crippen LogP contribution is 2.23. The summed E-state index contributed by atoms with van der Waals surface area (Å²) in [5.74, 6) is -1.51. The fraction of sp³-hybridized carbons (Fsp3) is 0.421. The molecule has 0 radical (unpaired) electrons. The lowest BCUT2D eigenvalue weighted by Gasteiger charge is -2.41. The number of hydrogen-bond acceptors (Lipinski definition) is 4. The Balaban J connectivity index is 1.55. The molecule has 1 atom stereocenters. The summed E-state index contributed by atoms with van der Waals surface area (Å²) in [6.07, 6.45) is 3.41. The van der Waals surface area contributed by atoms with E-state index in [4.69, 9.17) is 0 Å². The molecule has 0 unspecified atom stereocenters. The number of amides is 1. The van der Waals surface area contributed by atoms with Crippen molar-refractivity contribution in [2.45, 2.75) is 25.8 Å². The standard InChI is InChI=1S/C19H22F2N4O2/c1-13-10-24(5-6-25(13)16-8-14(20)7-15(21)9-16)19(27)4-3-18(26)17-11-23(2)12-22-17/h7-9,11-13H,3-6,10H2,1-2H3/t13-/m0/s1. The molecule has 1 amide bonds. The minimum absolute atomic E-state index is 0.0876. The van der Waals surface area contributed by atoms with Crippen molar-refractivity contribution >= 4 is 17.4 Å². The second-order valence-electron chi connectivity index (χ2n) is 6.86. The van der Waals surface area contributed by atoms with Gasteiger partial charge in [0.1, 0.15) is 17.3 Å². The first-order valence-electron chi connectivity index (χ1n) is 8.85. The molecule has 2 aromatic rings. The number of halogens is 2. The number of carbonyl (C=O) groups is 2. The number of piperazine rings is 1. The van der Waals surface area contributed by atoms with E-state index in [9.17, 15) is 18.4 Å². The van der Waals surface area contributed by atoms with Crippen LogP contribution in [0.2, 0.25) is 0 Å². The Morgan fingerprint density at radius 1 is 1.15 bits per heavy atom. The van der Waals surface area contributed by atoms with Crippen LogP contribution in [-0.2, 0) is 11.8 Å². The molecule has 1 aromatic carbocycles. The topological polar surface area (TPSA) is 58.4 Å². The van der Waals surface area contributed by atoms with Gasteiger partial charge < -0.3 is 14.4 Å². The van der Waals surface area contributed by atoms with Gasteiger partial charge in [0.05, 0.1) is 6.33 Å². The van der Waals surface area contributed by atoms with E-state index in [1.54, 1.807) is 29.0 Å². The third kappa shape index (κ3) is 4.50. The van der Waals surface area contributed by atoms with Crippen molar-refractivity contribution in [2.24, 2.45) is 7.05 Å². The Labute approximate surface area is 156 Å². The SMILES string of the molecule is C[C@H]1CN(C(=O)CCC(=O)c2cn(C)cn2)CCN1c1cc(F)cc(F)c1. The second-order valence-corrected chi connectivity index (χ2v) is 6.86. The van der Waals surface area contributed by atoms with Crippen LogP contribution in [0.1, 0.15) is 30.3 Å². The summed E-state index contributed by atoms with van der Waals surface area (Å²) in [5, 5.41) is 0. The average molecular weight is 376 g/mol. The normalized spacial score (nSPS) is 17.3. The zero-order valence-corrected chi connectivity index (χ0v) is 15.4. The lowest BCUT2D eigenvalue weighted by molar-refractivity contribution is -0.131. The van der Waals surface area contributed by atoms with E-state index in [0.29, 0.717) is 31.0 Å². The van der Waals surface area contributed by atoms with Gasteiger partial charge in [-0.25, -0.2) is 13.8 Å². The Morgan fingerprint density at radius 3 is 2.44 bits per heavy atom. The third-order valence-corrected chi connectivity index (χ3v) is 4.72. The van der Waals surface area contributed by atoms with Crippen LogP contribution in [0, 0.1) is 11.6 Å². The van der Waals surface area contributed by atoms with E-state index in [-0.39, 0.29) is 30.6 Å². The minimum atomic E-state index is -0.622. The molecule has 1 aromatic heterocycles. The first-order chi connectivity index (χ1) is 12.8. The van der Waals surface area contributed by atoms with Crippen LogP contribution in [0.25, 0.3) is 0 Å². The van der Waals surface area contributed by atoms with Gasteiger partial charge in [-0.15, -0.1) is 0 Å². The van der Waals surface area contributed by atoms with Gasteiger partial charge >= 0.3 is 0 Å². The first-order valence-corrected chi connectivity index (χ1v) is 8.85. The van der Waals surface area contributed by atoms with Crippen molar-refractivity contribution in [2.75, 3.05) is 24.5 Å². The summed E-state index contributed by atoms with van der Waals surface area (Å²) < 4.78 is 28.6. The van der Waals surface area contributed by atoms with Crippen molar-refractivity contribution in [3.8, 4) is 0 Å². The molecule has 0 spiro atoms. The molecule has 0 N–H and O–H groups in total. The van der Waals surface area contributed by atoms with Gasteiger partial charge in [0.15, 0.2) is 5.78 Å². The van der Waals surface area contributed by atoms with Crippen LogP contribution in [0.4, 0.5) is 14.5 Å². The van der Waals surface area contributed by atoms with Crippen LogP contribution in [0.3, 0.4) is 0 Å². The van der Waals surface area contributed by atoms with Gasteiger partial charge in [-0.3, -0.25) is 9.59 Å². The first kappa shape index (κ1) is 19.0. The third-order valence-electron chi connectivity index (χ3n) is 4.72. The van der Waals surface area contributed by atoms with E-state index in [0.717, 1.165) is 6.07 Å². The number of benzene rings is 1. The van der Waals surface area contributed by atoms with E-state index < -0.39 is 11.6 Å². The summed E-state index contributed by atoms with van der Waals surface area (Å²) in [6, 6.07) is 3.34. The molecule has 6 nitrogen and oxygen atoms in total. The molecular weight excluding hydrogens is 354 g/mol. The molecule has 0 bridgehead atoms. The Bertz CT molecular complexity index is 832. The molecule has 3 rings (SSSR count). The molecular formula is C19H22F2N4O2. The highest BCUT2D eigenvalue weighted by atomic mass is 19.1. The fourth-order valence-electron chi connectivity index (χ4n) is 3.34. The van der Waals surface area contributed by atoms with Gasteiger partial charge in [-0.2, -0.15) is 0 Å². The molecule has 144 valence electrons. The van der Waals surface area contributed by atoms with Gasteiger partial charge in [0, 0.05) is 63.5 Å². The van der Waals surface area contributed by atoms with Crippen molar-refractivity contribution in [1.82, 2.24) is 14.5 Å². The number of imidazole rings is 1. The maximum absolute atomic E-state index is 13.5. The number of hydrogen-bond donors (Lipinski definition) is 0. The molecule has 1 saturated heterocycles. The molecule has 0 saturated carbocycles. The lowest BCUT2D eigenvalue weighted by Crippen LogP contribution is -2.53. The lowest BCUT2D eigenvalue weighted by atomic mass is 10.1. The molecule has 8 heteroatoms. The van der Waals surface area contributed by atoms with E-state index >= 15 is 0 Å². The molecule has 1 aliphatic rings. The van der Waals surface area contributed by atoms with Crippen molar-refractivity contribution in [1.29, 1.82) is 0 Å². The molecule has 27 heavy (non-hydrogen) atoms. The molecule has 1 fully saturated rings. The number of Topliss-reactive ketones (excluding diaryl/α,β-unsaturated/α-hetero) is 1. The molecule has 2 heterocycles. The number of aromatic nitrogens is 2. The zero-order valence-electron chi connectivity index (χ0n) is 15.4. The summed E-state index contributed by atoms with van der Waals surface area (Å²) in [7, 11) is 1.78. The van der Waals surface area contributed by atoms with Crippen molar-refractivity contribution in [3.05, 3.63) is 48.1 Å². The summed E-state index contributed by atoms with van der Waals surface area (Å²) >= 11 is 0. The number of carbonyl (C=O) groups excluding carboxylic acids is 2. The predicted octanol–water partition coefficient (Wildman–Crippen LogP) is 2.40. The Kier molecular flexibility index (Phi) is 5.53. The highest BCUT2D eigenvalue weighted by Gasteiger charge is 2.27. The maximum atomic E-state index is 13.5. The second kappa shape index (κ2) is 7.85. The van der Waals surface area contributed by atoms with Crippen LogP contribution in [0.5, 0.6) is 0 Å². The quantitative estimate of drug-likeness (QED) is 0.752. The van der Waals surface area contributed by atoms with Crippen molar-refractivity contribution in [3.63, 3.8) is 0 Å². The zero-order chi connectivity index (χ0) is 19.6. The monoisotopic (exact) mass is 376 g/mol. The number of anilines is 1. The van der Waals surface area contributed by atoms with Gasteiger partial charge in [0.2, 0.25) is 5.91 Å². The largest absolute Gasteiger partial charge is 0.365 e. The number of rotatable bonds is 5. The minimum Gasteiger partial charge on any atom is -0.365 e. The van der Waals surface area contributed by atoms with Crippen LogP contribution >= 0.6 is 0 Å². The van der Waals surface area contributed by atoms with E-state index in [2.05, 4.69) is 4.98 Å². The van der Waals surface area contributed by atoms with Crippen LogP contribution in [-0.4, -0.2) is 51.8 Å². The van der Waals surface area contributed by atoms with Gasteiger partial charge in [0.25, 0.3) is 0 Å². The average Bonchev–Trinajstić information content (AvgIpc) is 3.05. The van der Waals surface area contributed by atoms with Gasteiger partial charge in [-0.1, -0.05) is 0 Å². The van der Waals surface area contributed by atoms with E-state index in [1.807, 2.05) is 11.8 Å². The van der Waals surface area contributed by atoms with Crippen LogP contribution in [0.15, 0.2) is 30.7 Å².